The van der Waals surface area contributed by atoms with E-state index < -0.39 is 12.1 Å². The van der Waals surface area contributed by atoms with Crippen LogP contribution in [-0.4, -0.2) is 34.9 Å². The Morgan fingerprint density at radius 1 is 0.622 bits per heavy atom. The molecule has 0 rings (SSSR count). The number of rotatable bonds is 26. The highest BCUT2D eigenvalue weighted by Crippen LogP contribution is 2.09. The van der Waals surface area contributed by atoms with Gasteiger partial charge in [0.05, 0.1) is 18.8 Å². The molecule has 0 aromatic rings. The molecule has 37 heavy (non-hydrogen) atoms. The molecule has 0 aliphatic heterocycles. The van der Waals surface area contributed by atoms with Gasteiger partial charge in [0.2, 0.25) is 5.91 Å². The van der Waals surface area contributed by atoms with Crippen LogP contribution in [0.1, 0.15) is 136 Å². The molecular weight excluding hydrogens is 458 g/mol. The van der Waals surface area contributed by atoms with E-state index in [1.165, 1.54) is 64.2 Å². The molecule has 0 heterocycles. The van der Waals surface area contributed by atoms with Gasteiger partial charge in [-0.15, -0.1) is 0 Å². The Labute approximate surface area is 229 Å². The standard InChI is InChI=1S/C33H59NO3/c1-3-5-7-9-11-13-15-17-19-21-23-25-27-29-33(37)34-31(30-35)32(36)28-26-24-22-20-18-16-14-12-10-8-6-4-2/h10,12,17-20,26,28,31-32,35-36H,3-9,11,13-16,21-25,27,29-30H2,1-2H3,(H,34,37)/b12-10+,19-17-,20-18+,28-26+. The SMILES string of the molecule is CCCC/C=C/CC/C=C/CC/C=C/C(O)C(CO)NC(=O)CCCCC/C=C\CCCCCCCC. The molecule has 2 atom stereocenters. The van der Waals surface area contributed by atoms with Crippen molar-refractivity contribution in [2.24, 2.45) is 0 Å². The maximum atomic E-state index is 12.2. The summed E-state index contributed by atoms with van der Waals surface area (Å²) in [5.41, 5.74) is 0. The predicted molar refractivity (Wildman–Crippen MR) is 161 cm³/mol. The molecule has 0 aromatic carbocycles. The molecule has 2 unspecified atom stereocenters. The van der Waals surface area contributed by atoms with E-state index in [9.17, 15) is 15.0 Å². The zero-order valence-corrected chi connectivity index (χ0v) is 24.2. The Balaban J connectivity index is 3.81. The number of hydrogen-bond acceptors (Lipinski definition) is 3. The molecule has 0 spiro atoms. The number of nitrogens with one attached hydrogen (secondary N) is 1. The third-order valence-corrected chi connectivity index (χ3v) is 6.51. The lowest BCUT2D eigenvalue weighted by atomic mass is 10.1. The fourth-order valence-electron chi connectivity index (χ4n) is 4.07. The molecule has 0 aliphatic rings. The minimum absolute atomic E-state index is 0.100. The van der Waals surface area contributed by atoms with E-state index >= 15 is 0 Å². The van der Waals surface area contributed by atoms with E-state index in [0.29, 0.717) is 6.42 Å². The van der Waals surface area contributed by atoms with Gasteiger partial charge < -0.3 is 15.5 Å². The van der Waals surface area contributed by atoms with E-state index in [0.717, 1.165) is 51.4 Å². The first-order chi connectivity index (χ1) is 18.2. The largest absolute Gasteiger partial charge is 0.394 e. The second-order valence-corrected chi connectivity index (χ2v) is 10.1. The van der Waals surface area contributed by atoms with Gasteiger partial charge in [-0.2, -0.15) is 0 Å². The topological polar surface area (TPSA) is 69.6 Å². The van der Waals surface area contributed by atoms with Gasteiger partial charge in [0.15, 0.2) is 0 Å². The van der Waals surface area contributed by atoms with Crippen LogP contribution in [0, 0.1) is 0 Å². The van der Waals surface area contributed by atoms with Crippen LogP contribution in [0.2, 0.25) is 0 Å². The van der Waals surface area contributed by atoms with Crippen molar-refractivity contribution in [2.75, 3.05) is 6.61 Å². The van der Waals surface area contributed by atoms with E-state index in [1.807, 2.05) is 6.08 Å². The Kier molecular flexibility index (Phi) is 27.6. The van der Waals surface area contributed by atoms with Crippen LogP contribution < -0.4 is 5.32 Å². The summed E-state index contributed by atoms with van der Waals surface area (Å²) >= 11 is 0. The van der Waals surface area contributed by atoms with Crippen molar-refractivity contribution in [3.05, 3.63) is 48.6 Å². The first-order valence-electron chi connectivity index (χ1n) is 15.4. The van der Waals surface area contributed by atoms with Crippen LogP contribution in [-0.2, 0) is 4.79 Å². The van der Waals surface area contributed by atoms with Crippen molar-refractivity contribution in [1.29, 1.82) is 0 Å². The van der Waals surface area contributed by atoms with Gasteiger partial charge in [-0.05, 0) is 64.2 Å². The number of unbranched alkanes of at least 4 members (excludes halogenated alkanes) is 13. The van der Waals surface area contributed by atoms with Crippen LogP contribution >= 0.6 is 0 Å². The van der Waals surface area contributed by atoms with E-state index in [1.54, 1.807) is 6.08 Å². The first kappa shape index (κ1) is 35.4. The zero-order chi connectivity index (χ0) is 27.2. The second-order valence-electron chi connectivity index (χ2n) is 10.1. The lowest BCUT2D eigenvalue weighted by Crippen LogP contribution is -2.45. The second kappa shape index (κ2) is 28.9. The molecule has 0 radical (unpaired) electrons. The van der Waals surface area contributed by atoms with Crippen LogP contribution in [0.3, 0.4) is 0 Å². The fraction of sp³-hybridized carbons (Fsp3) is 0.727. The molecule has 3 N–H and O–H groups in total. The molecule has 0 saturated carbocycles. The zero-order valence-electron chi connectivity index (χ0n) is 24.2. The molecule has 1 amide bonds. The quantitative estimate of drug-likeness (QED) is 0.0795. The molecule has 0 bridgehead atoms. The summed E-state index contributed by atoms with van der Waals surface area (Å²) in [6.45, 7) is 4.19. The predicted octanol–water partition coefficient (Wildman–Crippen LogP) is 8.50. The van der Waals surface area contributed by atoms with Gasteiger partial charge in [-0.3, -0.25) is 4.79 Å². The summed E-state index contributed by atoms with van der Waals surface area (Å²) in [5, 5.41) is 22.7. The molecule has 0 fully saturated rings. The number of aliphatic hydroxyl groups excluding tert-OH is 2. The number of allylic oxidation sites excluding steroid dienone is 7. The monoisotopic (exact) mass is 517 g/mol. The van der Waals surface area contributed by atoms with Crippen molar-refractivity contribution in [3.8, 4) is 0 Å². The van der Waals surface area contributed by atoms with Crippen molar-refractivity contribution in [3.63, 3.8) is 0 Å². The molecule has 0 aliphatic carbocycles. The minimum atomic E-state index is -0.872. The molecule has 4 heteroatoms. The summed E-state index contributed by atoms with van der Waals surface area (Å²) in [6.07, 6.45) is 37.5. The Morgan fingerprint density at radius 2 is 1.08 bits per heavy atom. The third kappa shape index (κ3) is 25.8. The molecule has 0 aromatic heterocycles. The summed E-state index contributed by atoms with van der Waals surface area (Å²) in [6, 6.07) is -0.649. The lowest BCUT2D eigenvalue weighted by molar-refractivity contribution is -0.123. The number of carbonyl (C=O) groups excluding carboxylic acids is 1. The average Bonchev–Trinajstić information content (AvgIpc) is 2.90. The minimum Gasteiger partial charge on any atom is -0.394 e. The smallest absolute Gasteiger partial charge is 0.220 e. The maximum Gasteiger partial charge on any atom is 0.220 e. The van der Waals surface area contributed by atoms with E-state index in [-0.39, 0.29) is 12.5 Å². The first-order valence-corrected chi connectivity index (χ1v) is 15.4. The number of amides is 1. The van der Waals surface area contributed by atoms with Crippen LogP contribution in [0.15, 0.2) is 48.6 Å². The summed E-state index contributed by atoms with van der Waals surface area (Å²) < 4.78 is 0. The molecule has 214 valence electrons. The molecular formula is C33H59NO3. The lowest BCUT2D eigenvalue weighted by Gasteiger charge is -2.19. The highest BCUT2D eigenvalue weighted by atomic mass is 16.3. The van der Waals surface area contributed by atoms with Crippen molar-refractivity contribution in [1.82, 2.24) is 5.32 Å². The van der Waals surface area contributed by atoms with Gasteiger partial charge in [-0.25, -0.2) is 0 Å². The molecule has 0 saturated heterocycles. The Bertz CT molecular complexity index is 609. The van der Waals surface area contributed by atoms with Crippen molar-refractivity contribution < 1.29 is 15.0 Å². The van der Waals surface area contributed by atoms with Gasteiger partial charge in [-0.1, -0.05) is 114 Å². The molecule has 4 nitrogen and oxygen atoms in total. The van der Waals surface area contributed by atoms with E-state index in [4.69, 9.17) is 0 Å². The number of hydrogen-bond donors (Lipinski definition) is 3. The van der Waals surface area contributed by atoms with Crippen molar-refractivity contribution in [2.45, 2.75) is 148 Å². The van der Waals surface area contributed by atoms with Gasteiger partial charge in [0.25, 0.3) is 0 Å². The number of aliphatic hydroxyl groups is 2. The van der Waals surface area contributed by atoms with E-state index in [2.05, 4.69) is 55.6 Å². The summed E-state index contributed by atoms with van der Waals surface area (Å²) in [7, 11) is 0. The third-order valence-electron chi connectivity index (χ3n) is 6.51. The van der Waals surface area contributed by atoms with Gasteiger partial charge in [0, 0.05) is 6.42 Å². The van der Waals surface area contributed by atoms with Crippen molar-refractivity contribution >= 4 is 5.91 Å². The van der Waals surface area contributed by atoms with Crippen LogP contribution in [0.25, 0.3) is 0 Å². The van der Waals surface area contributed by atoms with Gasteiger partial charge >= 0.3 is 0 Å². The highest BCUT2D eigenvalue weighted by molar-refractivity contribution is 5.76. The Hall–Kier alpha value is -1.65. The summed E-state index contributed by atoms with van der Waals surface area (Å²) in [4.78, 5) is 12.2. The fourth-order valence-corrected chi connectivity index (χ4v) is 4.07. The van der Waals surface area contributed by atoms with Crippen LogP contribution in [0.4, 0.5) is 0 Å². The van der Waals surface area contributed by atoms with Crippen LogP contribution in [0.5, 0.6) is 0 Å². The summed E-state index contributed by atoms with van der Waals surface area (Å²) in [5.74, 6) is -0.100. The normalized spacial score (nSPS) is 13.9. The highest BCUT2D eigenvalue weighted by Gasteiger charge is 2.17. The Morgan fingerprint density at radius 3 is 1.65 bits per heavy atom. The van der Waals surface area contributed by atoms with Gasteiger partial charge in [0.1, 0.15) is 0 Å². The number of carbonyl (C=O) groups is 1. The average molecular weight is 518 g/mol. The maximum absolute atomic E-state index is 12.2.